The van der Waals surface area contributed by atoms with Gasteiger partial charge in [0.25, 0.3) is 0 Å². The van der Waals surface area contributed by atoms with Crippen LogP contribution in [0.1, 0.15) is 22.3 Å². The highest BCUT2D eigenvalue weighted by molar-refractivity contribution is 5.40. The van der Waals surface area contributed by atoms with Crippen LogP contribution in [0, 0.1) is 0 Å². The van der Waals surface area contributed by atoms with Gasteiger partial charge in [0, 0.05) is 0 Å². The fourth-order valence-electron chi connectivity index (χ4n) is 2.42. The maximum Gasteiger partial charge on any atom is -0.00203 e. The minimum absolute atomic E-state index is 1.10. The average molecular weight is 222 g/mol. The second-order valence-corrected chi connectivity index (χ2v) is 4.21. The monoisotopic (exact) mass is 222 g/mol. The molecule has 17 heavy (non-hydrogen) atoms. The van der Waals surface area contributed by atoms with Crippen LogP contribution in [0.15, 0.2) is 61.7 Å². The van der Waals surface area contributed by atoms with E-state index >= 15 is 0 Å². The summed E-state index contributed by atoms with van der Waals surface area (Å²) in [4.78, 5) is 0. The number of hydrogen-bond donors (Lipinski definition) is 0. The van der Waals surface area contributed by atoms with Crippen molar-refractivity contribution >= 4 is 0 Å². The highest BCUT2D eigenvalue weighted by Gasteiger charge is 2.11. The summed E-state index contributed by atoms with van der Waals surface area (Å²) >= 11 is 0. The molecule has 0 saturated heterocycles. The summed E-state index contributed by atoms with van der Waals surface area (Å²) in [5.41, 5.74) is 6.05. The predicted octanol–water partition coefficient (Wildman–Crippen LogP) is 4.18. The maximum absolute atomic E-state index is 3.00. The first kappa shape index (κ1) is 11.7. The molecular weight excluding hydrogens is 204 g/mol. The first-order chi connectivity index (χ1) is 8.43. The van der Waals surface area contributed by atoms with Crippen LogP contribution in [-0.4, -0.2) is 0 Å². The Bertz CT molecular complexity index is 451. The lowest BCUT2D eigenvalue weighted by molar-refractivity contribution is 0.965. The quantitative estimate of drug-likeness (QED) is 0.587. The number of benzene rings is 2. The topological polar surface area (TPSA) is 0 Å². The molecule has 0 fully saturated rings. The van der Waals surface area contributed by atoms with E-state index in [1.54, 1.807) is 0 Å². The molecule has 1 aliphatic carbocycles. The van der Waals surface area contributed by atoms with Gasteiger partial charge in [-0.15, -0.1) is 13.2 Å². The van der Waals surface area contributed by atoms with Crippen molar-refractivity contribution in [2.75, 3.05) is 0 Å². The molecule has 86 valence electrons. The van der Waals surface area contributed by atoms with Crippen LogP contribution >= 0.6 is 0 Å². The van der Waals surface area contributed by atoms with E-state index in [-0.39, 0.29) is 0 Å². The molecule has 0 heteroatoms. The van der Waals surface area contributed by atoms with E-state index in [1.807, 2.05) is 0 Å². The maximum atomic E-state index is 3.00. The molecule has 0 aliphatic heterocycles. The molecule has 0 nitrogen and oxygen atoms in total. The molecule has 2 aromatic rings. The smallest absolute Gasteiger partial charge is 0.00203 e. The van der Waals surface area contributed by atoms with Gasteiger partial charge in [0.05, 0.1) is 0 Å². The molecule has 0 bridgehead atoms. The van der Waals surface area contributed by atoms with Gasteiger partial charge in [0.15, 0.2) is 0 Å². The average Bonchev–Trinajstić information content (AvgIpc) is 2.60. The lowest BCUT2D eigenvalue weighted by Crippen LogP contribution is -1.90. The molecule has 0 amide bonds. The Kier molecular flexibility index (Phi) is 3.77. The highest BCUT2D eigenvalue weighted by atomic mass is 14.2. The van der Waals surface area contributed by atoms with E-state index < -0.39 is 0 Å². The zero-order valence-corrected chi connectivity index (χ0v) is 10.2. The van der Waals surface area contributed by atoms with Crippen LogP contribution in [-0.2, 0) is 19.3 Å². The molecule has 0 atom stereocenters. The third-order valence-corrected chi connectivity index (χ3v) is 3.28. The van der Waals surface area contributed by atoms with Crippen molar-refractivity contribution in [3.8, 4) is 0 Å². The molecular formula is C17H18. The van der Waals surface area contributed by atoms with E-state index in [0.29, 0.717) is 0 Å². The van der Waals surface area contributed by atoms with Gasteiger partial charge in [-0.25, -0.2) is 0 Å². The number of hydrogen-bond acceptors (Lipinski definition) is 0. The number of aryl methyl sites for hydroxylation is 2. The molecule has 0 radical (unpaired) electrons. The zero-order chi connectivity index (χ0) is 12.1. The SMILES string of the molecule is C=C.c1ccc2c(c1)CCc1ccccc1C2. The van der Waals surface area contributed by atoms with Crippen LogP contribution in [0.25, 0.3) is 0 Å². The van der Waals surface area contributed by atoms with Crippen molar-refractivity contribution in [1.82, 2.24) is 0 Å². The summed E-state index contributed by atoms with van der Waals surface area (Å²) in [5.74, 6) is 0. The second-order valence-electron chi connectivity index (χ2n) is 4.21. The number of fused-ring (bicyclic) bond motifs is 2. The van der Waals surface area contributed by atoms with Gasteiger partial charge in [0.2, 0.25) is 0 Å². The minimum atomic E-state index is 1.10. The highest BCUT2D eigenvalue weighted by Crippen LogP contribution is 2.23. The lowest BCUT2D eigenvalue weighted by atomic mass is 10.0. The van der Waals surface area contributed by atoms with Crippen LogP contribution in [0.2, 0.25) is 0 Å². The Morgan fingerprint density at radius 1 is 0.588 bits per heavy atom. The first-order valence-corrected chi connectivity index (χ1v) is 6.07. The summed E-state index contributed by atoms with van der Waals surface area (Å²) in [6.07, 6.45) is 3.48. The van der Waals surface area contributed by atoms with Crippen molar-refractivity contribution in [2.24, 2.45) is 0 Å². The Labute approximate surface area is 104 Å². The van der Waals surface area contributed by atoms with Gasteiger partial charge in [-0.1, -0.05) is 48.5 Å². The molecule has 0 spiro atoms. The fraction of sp³-hybridized carbons (Fsp3) is 0.176. The molecule has 0 unspecified atom stereocenters. The molecule has 2 aromatic carbocycles. The summed E-state index contributed by atoms with van der Waals surface area (Å²) in [7, 11) is 0. The third-order valence-electron chi connectivity index (χ3n) is 3.28. The normalized spacial score (nSPS) is 12.5. The Morgan fingerprint density at radius 3 is 1.35 bits per heavy atom. The number of rotatable bonds is 0. The first-order valence-electron chi connectivity index (χ1n) is 6.07. The van der Waals surface area contributed by atoms with Gasteiger partial charge >= 0.3 is 0 Å². The standard InChI is InChI=1S/C15H14.C2H4/c1-3-7-14-11-15-8-4-2-6-13(15)10-9-12(14)5-1;1-2/h1-8H,9-11H2;1-2H2. The Morgan fingerprint density at radius 2 is 0.941 bits per heavy atom. The molecule has 0 heterocycles. The minimum Gasteiger partial charge on any atom is -0.106 e. The zero-order valence-electron chi connectivity index (χ0n) is 10.2. The summed E-state index contributed by atoms with van der Waals surface area (Å²) < 4.78 is 0. The van der Waals surface area contributed by atoms with E-state index in [4.69, 9.17) is 0 Å². The molecule has 0 aromatic heterocycles. The van der Waals surface area contributed by atoms with Gasteiger partial charge in [-0.3, -0.25) is 0 Å². The molecule has 0 N–H and O–H groups in total. The Balaban J connectivity index is 0.000000514. The molecule has 1 aliphatic rings. The van der Waals surface area contributed by atoms with Gasteiger partial charge in [-0.05, 0) is 41.5 Å². The third kappa shape index (κ3) is 2.47. The summed E-state index contributed by atoms with van der Waals surface area (Å²) in [6.45, 7) is 6.00. The van der Waals surface area contributed by atoms with E-state index in [9.17, 15) is 0 Å². The molecule has 0 saturated carbocycles. The van der Waals surface area contributed by atoms with Crippen LogP contribution in [0.3, 0.4) is 0 Å². The van der Waals surface area contributed by atoms with Crippen LogP contribution in [0.5, 0.6) is 0 Å². The van der Waals surface area contributed by atoms with Crippen molar-refractivity contribution in [1.29, 1.82) is 0 Å². The van der Waals surface area contributed by atoms with E-state index in [1.165, 1.54) is 35.1 Å². The summed E-state index contributed by atoms with van der Waals surface area (Å²) in [5, 5.41) is 0. The van der Waals surface area contributed by atoms with Crippen molar-refractivity contribution in [2.45, 2.75) is 19.3 Å². The van der Waals surface area contributed by atoms with Crippen LogP contribution in [0.4, 0.5) is 0 Å². The van der Waals surface area contributed by atoms with Crippen molar-refractivity contribution in [3.63, 3.8) is 0 Å². The lowest BCUT2D eigenvalue weighted by Gasteiger charge is -2.04. The van der Waals surface area contributed by atoms with Gasteiger partial charge in [-0.2, -0.15) is 0 Å². The fourth-order valence-corrected chi connectivity index (χ4v) is 2.42. The van der Waals surface area contributed by atoms with Gasteiger partial charge < -0.3 is 0 Å². The van der Waals surface area contributed by atoms with E-state index in [2.05, 4.69) is 61.7 Å². The predicted molar refractivity (Wildman–Crippen MR) is 74.4 cm³/mol. The largest absolute Gasteiger partial charge is 0.106 e. The van der Waals surface area contributed by atoms with Gasteiger partial charge in [0.1, 0.15) is 0 Å². The second kappa shape index (κ2) is 5.49. The molecule has 3 rings (SSSR count). The Hall–Kier alpha value is -1.82. The van der Waals surface area contributed by atoms with Crippen molar-refractivity contribution in [3.05, 3.63) is 83.9 Å². The van der Waals surface area contributed by atoms with Crippen LogP contribution < -0.4 is 0 Å². The summed E-state index contributed by atoms with van der Waals surface area (Å²) in [6, 6.07) is 17.6. The van der Waals surface area contributed by atoms with E-state index in [0.717, 1.165) is 6.42 Å². The van der Waals surface area contributed by atoms with Crippen molar-refractivity contribution < 1.29 is 0 Å².